The number of H-pyrrole nitrogens is 1. The molecule has 16 heavy (non-hydrogen) atoms. The van der Waals surface area contributed by atoms with Gasteiger partial charge in [-0.15, -0.1) is 0 Å². The molecule has 82 valence electrons. The van der Waals surface area contributed by atoms with Crippen LogP contribution >= 0.6 is 0 Å². The van der Waals surface area contributed by atoms with Crippen LogP contribution in [0.3, 0.4) is 0 Å². The Balaban J connectivity index is 2.21. The van der Waals surface area contributed by atoms with Crippen LogP contribution in [0.4, 0.5) is 10.1 Å². The van der Waals surface area contributed by atoms with E-state index in [1.807, 2.05) is 0 Å². The van der Waals surface area contributed by atoms with Crippen molar-refractivity contribution in [1.29, 1.82) is 0 Å². The van der Waals surface area contributed by atoms with E-state index >= 15 is 0 Å². The Hall–Kier alpha value is -2.17. The van der Waals surface area contributed by atoms with Crippen LogP contribution in [-0.2, 0) is 0 Å². The van der Waals surface area contributed by atoms with E-state index in [0.717, 1.165) is 0 Å². The smallest absolute Gasteiger partial charge is 0.255 e. The molecule has 0 aliphatic carbocycles. The van der Waals surface area contributed by atoms with E-state index in [-0.39, 0.29) is 5.91 Å². The van der Waals surface area contributed by atoms with Gasteiger partial charge in [-0.3, -0.25) is 9.89 Å². The second kappa shape index (κ2) is 4.14. The number of aryl methyl sites for hydroxylation is 1. The highest BCUT2D eigenvalue weighted by atomic mass is 19.1. The molecule has 0 spiro atoms. The molecule has 2 N–H and O–H groups in total. The summed E-state index contributed by atoms with van der Waals surface area (Å²) >= 11 is 0. The molecule has 0 fully saturated rings. The Bertz CT molecular complexity index is 488. The van der Waals surface area contributed by atoms with Crippen molar-refractivity contribution in [3.05, 3.63) is 47.5 Å². The summed E-state index contributed by atoms with van der Waals surface area (Å²) in [6.45, 7) is 1.73. The predicted molar refractivity (Wildman–Crippen MR) is 57.7 cm³/mol. The van der Waals surface area contributed by atoms with E-state index in [9.17, 15) is 9.18 Å². The molecule has 0 saturated carbocycles. The van der Waals surface area contributed by atoms with Crippen LogP contribution in [0.1, 0.15) is 15.9 Å². The first-order valence-electron chi connectivity index (χ1n) is 4.72. The molecule has 0 bridgehead atoms. The number of carbonyl (C=O) groups excluding carboxylic acids is 1. The minimum atomic E-state index is -0.419. The number of halogens is 1. The Morgan fingerprint density at radius 1 is 1.44 bits per heavy atom. The van der Waals surface area contributed by atoms with Gasteiger partial charge in [0, 0.05) is 11.8 Å². The van der Waals surface area contributed by atoms with Gasteiger partial charge in [0.1, 0.15) is 5.82 Å². The maximum atomic E-state index is 13.1. The second-order valence-electron chi connectivity index (χ2n) is 3.46. The van der Waals surface area contributed by atoms with Crippen LogP contribution in [0.25, 0.3) is 0 Å². The van der Waals surface area contributed by atoms with Gasteiger partial charge in [0.25, 0.3) is 5.91 Å². The zero-order valence-electron chi connectivity index (χ0n) is 8.62. The minimum absolute atomic E-state index is 0.290. The quantitative estimate of drug-likeness (QED) is 0.812. The number of hydrogen-bond acceptors (Lipinski definition) is 2. The SMILES string of the molecule is Cc1cc(F)cc(C(=O)Nc2cn[nH]c2)c1. The molecule has 4 nitrogen and oxygen atoms in total. The number of hydrogen-bond donors (Lipinski definition) is 2. The zero-order chi connectivity index (χ0) is 11.5. The number of rotatable bonds is 2. The molecule has 1 amide bonds. The molecule has 0 unspecified atom stereocenters. The van der Waals surface area contributed by atoms with Gasteiger partial charge in [0.15, 0.2) is 0 Å². The fourth-order valence-corrected chi connectivity index (χ4v) is 1.39. The molecular weight excluding hydrogens is 209 g/mol. The zero-order valence-corrected chi connectivity index (χ0v) is 8.62. The van der Waals surface area contributed by atoms with Gasteiger partial charge in [-0.1, -0.05) is 0 Å². The number of amides is 1. The van der Waals surface area contributed by atoms with E-state index in [1.165, 1.54) is 18.3 Å². The van der Waals surface area contributed by atoms with Gasteiger partial charge in [0.2, 0.25) is 0 Å². The van der Waals surface area contributed by atoms with Crippen molar-refractivity contribution in [2.24, 2.45) is 0 Å². The van der Waals surface area contributed by atoms with Crippen molar-refractivity contribution in [2.45, 2.75) is 6.92 Å². The summed E-state index contributed by atoms with van der Waals surface area (Å²) in [5, 5.41) is 8.85. The first-order valence-corrected chi connectivity index (χ1v) is 4.72. The van der Waals surface area contributed by atoms with Crippen molar-refractivity contribution >= 4 is 11.6 Å². The number of nitrogens with one attached hydrogen (secondary N) is 2. The fraction of sp³-hybridized carbons (Fsp3) is 0.0909. The average Bonchev–Trinajstić information content (AvgIpc) is 2.68. The number of aromatic amines is 1. The number of aromatic nitrogens is 2. The second-order valence-corrected chi connectivity index (χ2v) is 3.46. The summed E-state index contributed by atoms with van der Waals surface area (Å²) in [5.74, 6) is -0.777. The van der Waals surface area contributed by atoms with E-state index < -0.39 is 5.82 Å². The van der Waals surface area contributed by atoms with Crippen molar-refractivity contribution in [1.82, 2.24) is 10.2 Å². The van der Waals surface area contributed by atoms with Crippen LogP contribution in [-0.4, -0.2) is 16.1 Å². The van der Waals surface area contributed by atoms with Gasteiger partial charge in [-0.2, -0.15) is 5.10 Å². The lowest BCUT2D eigenvalue weighted by molar-refractivity contribution is 0.102. The molecule has 0 aliphatic rings. The van der Waals surface area contributed by atoms with Crippen LogP contribution in [0.5, 0.6) is 0 Å². The summed E-state index contributed by atoms with van der Waals surface area (Å²) in [7, 11) is 0. The van der Waals surface area contributed by atoms with Gasteiger partial charge in [0.05, 0.1) is 11.9 Å². The molecule has 0 radical (unpaired) electrons. The predicted octanol–water partition coefficient (Wildman–Crippen LogP) is 2.11. The standard InChI is InChI=1S/C11H10FN3O/c1-7-2-8(4-9(12)3-7)11(16)15-10-5-13-14-6-10/h2-6H,1H3,(H,13,14)(H,15,16). The molecule has 0 aliphatic heterocycles. The maximum absolute atomic E-state index is 13.1. The van der Waals surface area contributed by atoms with Crippen LogP contribution in [0.15, 0.2) is 30.6 Å². The molecule has 1 heterocycles. The Labute approximate surface area is 91.5 Å². The van der Waals surface area contributed by atoms with E-state index in [4.69, 9.17) is 0 Å². The minimum Gasteiger partial charge on any atom is -0.319 e. The Kier molecular flexibility index (Phi) is 2.68. The first kappa shape index (κ1) is 10.4. The number of carbonyl (C=O) groups is 1. The first-order chi connectivity index (χ1) is 7.65. The van der Waals surface area contributed by atoms with Gasteiger partial charge >= 0.3 is 0 Å². The molecule has 0 atom stereocenters. The molecular formula is C11H10FN3O. The highest BCUT2D eigenvalue weighted by Gasteiger charge is 2.08. The molecule has 2 rings (SSSR count). The summed E-state index contributed by atoms with van der Waals surface area (Å²) < 4.78 is 13.1. The van der Waals surface area contributed by atoms with Crippen molar-refractivity contribution in [3.63, 3.8) is 0 Å². The van der Waals surface area contributed by atoms with Crippen LogP contribution in [0.2, 0.25) is 0 Å². The lowest BCUT2D eigenvalue weighted by Crippen LogP contribution is -2.11. The summed E-state index contributed by atoms with van der Waals surface area (Å²) in [6, 6.07) is 4.19. The van der Waals surface area contributed by atoms with E-state index in [2.05, 4.69) is 15.5 Å². The van der Waals surface area contributed by atoms with Crippen molar-refractivity contribution in [3.8, 4) is 0 Å². The van der Waals surface area contributed by atoms with Crippen molar-refractivity contribution < 1.29 is 9.18 Å². The lowest BCUT2D eigenvalue weighted by atomic mass is 10.1. The number of anilines is 1. The highest BCUT2D eigenvalue weighted by Crippen LogP contribution is 2.11. The van der Waals surface area contributed by atoms with Gasteiger partial charge < -0.3 is 5.32 Å². The third kappa shape index (κ3) is 2.25. The van der Waals surface area contributed by atoms with E-state index in [0.29, 0.717) is 16.8 Å². The summed E-state index contributed by atoms with van der Waals surface area (Å²) in [6.07, 6.45) is 3.02. The third-order valence-electron chi connectivity index (χ3n) is 2.06. The molecule has 1 aromatic heterocycles. The normalized spacial score (nSPS) is 10.1. The van der Waals surface area contributed by atoms with Gasteiger partial charge in [-0.05, 0) is 30.7 Å². The average molecular weight is 219 g/mol. The van der Waals surface area contributed by atoms with Crippen molar-refractivity contribution in [2.75, 3.05) is 5.32 Å². The summed E-state index contributed by atoms with van der Waals surface area (Å²) in [4.78, 5) is 11.7. The maximum Gasteiger partial charge on any atom is 0.255 e. The Morgan fingerprint density at radius 3 is 2.88 bits per heavy atom. The number of benzene rings is 1. The van der Waals surface area contributed by atoms with Gasteiger partial charge in [-0.25, -0.2) is 4.39 Å². The lowest BCUT2D eigenvalue weighted by Gasteiger charge is -2.03. The largest absolute Gasteiger partial charge is 0.319 e. The third-order valence-corrected chi connectivity index (χ3v) is 2.06. The van der Waals surface area contributed by atoms with E-state index in [1.54, 1.807) is 19.2 Å². The fourth-order valence-electron chi connectivity index (χ4n) is 1.39. The molecule has 0 saturated heterocycles. The Morgan fingerprint density at radius 2 is 2.25 bits per heavy atom. The van der Waals surface area contributed by atoms with Crippen LogP contribution < -0.4 is 5.32 Å². The summed E-state index contributed by atoms with van der Waals surface area (Å²) in [5.41, 5.74) is 1.54. The monoisotopic (exact) mass is 219 g/mol. The number of nitrogens with zero attached hydrogens (tertiary/aromatic N) is 1. The molecule has 5 heteroatoms. The topological polar surface area (TPSA) is 57.8 Å². The molecule has 1 aromatic carbocycles. The van der Waals surface area contributed by atoms with Crippen LogP contribution in [0, 0.1) is 12.7 Å². The highest BCUT2D eigenvalue weighted by molar-refractivity contribution is 6.04. The molecule has 2 aromatic rings.